The number of halogens is 1. The summed E-state index contributed by atoms with van der Waals surface area (Å²) in [4.78, 5) is 14.9. The zero-order valence-corrected chi connectivity index (χ0v) is 10.2. The van der Waals surface area contributed by atoms with Crippen molar-refractivity contribution in [2.75, 3.05) is 24.7 Å². The Bertz CT molecular complexity index is 363. The van der Waals surface area contributed by atoms with Crippen LogP contribution in [0.5, 0.6) is 0 Å². The first-order chi connectivity index (χ1) is 8.24. The maximum absolute atomic E-state index is 12.7. The summed E-state index contributed by atoms with van der Waals surface area (Å²) in [6.45, 7) is 0.717. The van der Waals surface area contributed by atoms with Crippen LogP contribution in [0.2, 0.25) is 0 Å². The first-order valence-electron chi connectivity index (χ1n) is 5.32. The van der Waals surface area contributed by atoms with E-state index in [-0.39, 0.29) is 18.1 Å². The molecule has 0 fully saturated rings. The number of aliphatic hydroxyl groups excluding tert-OH is 1. The van der Waals surface area contributed by atoms with Gasteiger partial charge in [-0.25, -0.2) is 4.98 Å². The number of hydrogen-bond acceptors (Lipinski definition) is 4. The molecule has 17 heavy (non-hydrogen) atoms. The van der Waals surface area contributed by atoms with E-state index in [4.69, 9.17) is 5.11 Å². The summed E-state index contributed by atoms with van der Waals surface area (Å²) >= 11 is 1.66. The molecule has 2 N–H and O–H groups in total. The molecule has 1 rings (SSSR count). The van der Waals surface area contributed by atoms with Gasteiger partial charge in [-0.05, 0) is 18.2 Å². The molecule has 0 aliphatic rings. The van der Waals surface area contributed by atoms with E-state index in [9.17, 15) is 9.18 Å². The van der Waals surface area contributed by atoms with Crippen molar-refractivity contribution < 1.29 is 14.3 Å². The second-order valence-electron chi connectivity index (χ2n) is 3.31. The number of amides is 1. The van der Waals surface area contributed by atoms with Crippen LogP contribution in [0.3, 0.4) is 0 Å². The van der Waals surface area contributed by atoms with Crippen LogP contribution in [0.15, 0.2) is 18.3 Å². The van der Waals surface area contributed by atoms with Crippen LogP contribution in [0.25, 0.3) is 0 Å². The minimum atomic E-state index is -0.657. The molecule has 0 aromatic carbocycles. The van der Waals surface area contributed by atoms with E-state index >= 15 is 0 Å². The van der Waals surface area contributed by atoms with Gasteiger partial charge in [-0.1, -0.05) is 0 Å². The van der Waals surface area contributed by atoms with Gasteiger partial charge in [-0.3, -0.25) is 4.79 Å². The highest BCUT2D eigenvalue weighted by Crippen LogP contribution is 2.02. The highest BCUT2D eigenvalue weighted by atomic mass is 32.2. The van der Waals surface area contributed by atoms with E-state index in [1.807, 2.05) is 0 Å². The Morgan fingerprint density at radius 1 is 1.53 bits per heavy atom. The Morgan fingerprint density at radius 2 is 2.35 bits per heavy atom. The van der Waals surface area contributed by atoms with Crippen LogP contribution in [0, 0.1) is 5.95 Å². The smallest absolute Gasteiger partial charge is 0.251 e. The van der Waals surface area contributed by atoms with Gasteiger partial charge in [0.05, 0.1) is 0 Å². The van der Waals surface area contributed by atoms with Gasteiger partial charge in [-0.15, -0.1) is 0 Å². The lowest BCUT2D eigenvalue weighted by Crippen LogP contribution is -2.26. The average molecular weight is 258 g/mol. The maximum Gasteiger partial charge on any atom is 0.251 e. The number of aliphatic hydroxyl groups is 1. The van der Waals surface area contributed by atoms with E-state index < -0.39 is 5.95 Å². The quantitative estimate of drug-likeness (QED) is 0.567. The summed E-state index contributed by atoms with van der Waals surface area (Å²) in [6.07, 6.45) is 2.02. The molecule has 0 saturated heterocycles. The lowest BCUT2D eigenvalue weighted by molar-refractivity contribution is 0.0955. The van der Waals surface area contributed by atoms with E-state index in [0.717, 1.165) is 24.0 Å². The summed E-state index contributed by atoms with van der Waals surface area (Å²) < 4.78 is 12.7. The summed E-state index contributed by atoms with van der Waals surface area (Å²) in [5.74, 6) is 0.694. The number of hydrogen-bond donors (Lipinski definition) is 2. The van der Waals surface area contributed by atoms with Gasteiger partial charge >= 0.3 is 0 Å². The number of carbonyl (C=O) groups is 1. The summed E-state index contributed by atoms with van der Waals surface area (Å²) in [5.41, 5.74) is 0.276. The summed E-state index contributed by atoms with van der Waals surface area (Å²) in [6, 6.07) is 2.57. The lowest BCUT2D eigenvalue weighted by atomic mass is 10.2. The third kappa shape index (κ3) is 5.65. The minimum absolute atomic E-state index is 0.190. The molecule has 0 atom stereocenters. The number of carbonyl (C=O) groups excluding carboxylic acids is 1. The standard InChI is InChI=1S/C11H15FN2O2S/c12-10-8-9(2-3-13-10)11(16)14-4-7-17-6-1-5-15/h2-3,8,15H,1,4-7H2,(H,14,16). The van der Waals surface area contributed by atoms with Gasteiger partial charge in [-0.2, -0.15) is 16.2 Å². The highest BCUT2D eigenvalue weighted by molar-refractivity contribution is 7.99. The molecule has 6 heteroatoms. The van der Waals surface area contributed by atoms with Crippen LogP contribution in [-0.2, 0) is 0 Å². The molecular weight excluding hydrogens is 243 g/mol. The molecule has 4 nitrogen and oxygen atoms in total. The molecule has 1 aromatic rings. The molecule has 0 unspecified atom stereocenters. The van der Waals surface area contributed by atoms with Crippen molar-refractivity contribution in [1.82, 2.24) is 10.3 Å². The Kier molecular flexibility index (Phi) is 6.57. The average Bonchev–Trinajstić information content (AvgIpc) is 2.33. The topological polar surface area (TPSA) is 62.2 Å². The maximum atomic E-state index is 12.7. The van der Waals surface area contributed by atoms with Crippen molar-refractivity contribution in [3.8, 4) is 0 Å². The van der Waals surface area contributed by atoms with Crippen molar-refractivity contribution >= 4 is 17.7 Å². The summed E-state index contributed by atoms with van der Waals surface area (Å²) in [7, 11) is 0. The molecule has 1 heterocycles. The van der Waals surface area contributed by atoms with E-state index in [1.165, 1.54) is 12.3 Å². The predicted molar refractivity (Wildman–Crippen MR) is 65.6 cm³/mol. The Balaban J connectivity index is 2.21. The molecule has 94 valence electrons. The number of thioether (sulfide) groups is 1. The van der Waals surface area contributed by atoms with E-state index in [0.29, 0.717) is 6.54 Å². The summed E-state index contributed by atoms with van der Waals surface area (Å²) in [5, 5.41) is 11.2. The number of aromatic nitrogens is 1. The highest BCUT2D eigenvalue weighted by Gasteiger charge is 2.05. The Morgan fingerprint density at radius 3 is 3.06 bits per heavy atom. The van der Waals surface area contributed by atoms with E-state index in [1.54, 1.807) is 11.8 Å². The molecule has 1 aromatic heterocycles. The number of nitrogens with zero attached hydrogens (tertiary/aromatic N) is 1. The molecule has 0 aliphatic heterocycles. The third-order valence-electron chi connectivity index (χ3n) is 1.97. The number of pyridine rings is 1. The van der Waals surface area contributed by atoms with Gasteiger partial charge in [0.1, 0.15) is 0 Å². The SMILES string of the molecule is O=C(NCCSCCCO)c1ccnc(F)c1. The van der Waals surface area contributed by atoms with Crippen LogP contribution in [-0.4, -0.2) is 40.7 Å². The van der Waals surface area contributed by atoms with E-state index in [2.05, 4.69) is 10.3 Å². The number of rotatable bonds is 7. The van der Waals surface area contributed by atoms with Crippen LogP contribution in [0.4, 0.5) is 4.39 Å². The first kappa shape index (κ1) is 13.9. The zero-order chi connectivity index (χ0) is 12.5. The largest absolute Gasteiger partial charge is 0.396 e. The van der Waals surface area contributed by atoms with Crippen LogP contribution >= 0.6 is 11.8 Å². The minimum Gasteiger partial charge on any atom is -0.396 e. The van der Waals surface area contributed by atoms with Gasteiger partial charge in [0, 0.05) is 36.7 Å². The fourth-order valence-electron chi connectivity index (χ4n) is 1.15. The molecule has 0 radical (unpaired) electrons. The van der Waals surface area contributed by atoms with Crippen LogP contribution < -0.4 is 5.32 Å². The molecule has 1 amide bonds. The van der Waals surface area contributed by atoms with Gasteiger partial charge in [0.15, 0.2) is 0 Å². The fourth-order valence-corrected chi connectivity index (χ4v) is 1.93. The second-order valence-corrected chi connectivity index (χ2v) is 4.54. The fraction of sp³-hybridized carbons (Fsp3) is 0.455. The molecular formula is C11H15FN2O2S. The van der Waals surface area contributed by atoms with Crippen molar-refractivity contribution in [3.05, 3.63) is 29.8 Å². The van der Waals surface area contributed by atoms with Crippen molar-refractivity contribution in [1.29, 1.82) is 0 Å². The van der Waals surface area contributed by atoms with Gasteiger partial charge < -0.3 is 10.4 Å². The monoisotopic (exact) mass is 258 g/mol. The molecule has 0 bridgehead atoms. The molecule has 0 spiro atoms. The predicted octanol–water partition coefficient (Wildman–Crippen LogP) is 1.07. The van der Waals surface area contributed by atoms with Crippen molar-refractivity contribution in [3.63, 3.8) is 0 Å². The third-order valence-corrected chi connectivity index (χ3v) is 3.04. The second kappa shape index (κ2) is 8.03. The first-order valence-corrected chi connectivity index (χ1v) is 6.48. The Hall–Kier alpha value is -1.14. The zero-order valence-electron chi connectivity index (χ0n) is 9.36. The van der Waals surface area contributed by atoms with Gasteiger partial charge in [0.25, 0.3) is 5.91 Å². The van der Waals surface area contributed by atoms with Crippen molar-refractivity contribution in [2.45, 2.75) is 6.42 Å². The molecule has 0 saturated carbocycles. The lowest BCUT2D eigenvalue weighted by Gasteiger charge is -2.04. The molecule has 0 aliphatic carbocycles. The van der Waals surface area contributed by atoms with Crippen molar-refractivity contribution in [2.24, 2.45) is 0 Å². The Labute approximate surface area is 104 Å². The van der Waals surface area contributed by atoms with Crippen LogP contribution in [0.1, 0.15) is 16.8 Å². The number of nitrogens with one attached hydrogen (secondary N) is 1. The van der Waals surface area contributed by atoms with Gasteiger partial charge in [0.2, 0.25) is 5.95 Å². The normalized spacial score (nSPS) is 10.2.